The molecule has 2 heteroatoms. The first-order valence-electron chi connectivity index (χ1n) is 7.64. The molecule has 1 aromatic rings. The van der Waals surface area contributed by atoms with E-state index in [0.29, 0.717) is 6.04 Å². The zero-order valence-electron chi connectivity index (χ0n) is 12.7. The predicted octanol–water partition coefficient (Wildman–Crippen LogP) is 3.35. The maximum atomic E-state index is 3.59. The number of benzene rings is 1. The van der Waals surface area contributed by atoms with Crippen molar-refractivity contribution in [1.82, 2.24) is 10.2 Å². The van der Waals surface area contributed by atoms with Crippen LogP contribution >= 0.6 is 0 Å². The molecule has 0 aliphatic heterocycles. The van der Waals surface area contributed by atoms with Crippen LogP contribution in [0.15, 0.2) is 24.3 Å². The smallest absolute Gasteiger partial charge is 0.0233 e. The summed E-state index contributed by atoms with van der Waals surface area (Å²) in [5.74, 6) is 0. The van der Waals surface area contributed by atoms with Gasteiger partial charge in [0.15, 0.2) is 0 Å². The van der Waals surface area contributed by atoms with Gasteiger partial charge in [0, 0.05) is 18.6 Å². The molecular formula is C17H28N2. The maximum Gasteiger partial charge on any atom is 0.0233 e. The van der Waals surface area contributed by atoms with Crippen LogP contribution < -0.4 is 5.32 Å². The molecule has 1 aromatic carbocycles. The summed E-state index contributed by atoms with van der Waals surface area (Å²) in [5, 5.41) is 3.59. The largest absolute Gasteiger partial charge is 0.314 e. The topological polar surface area (TPSA) is 15.3 Å². The van der Waals surface area contributed by atoms with Crippen LogP contribution in [-0.4, -0.2) is 30.6 Å². The molecule has 2 rings (SSSR count). The van der Waals surface area contributed by atoms with Gasteiger partial charge in [-0.3, -0.25) is 4.90 Å². The number of rotatable bonds is 8. The Labute approximate surface area is 118 Å². The van der Waals surface area contributed by atoms with Crippen molar-refractivity contribution in [3.63, 3.8) is 0 Å². The van der Waals surface area contributed by atoms with Crippen LogP contribution in [0, 0.1) is 6.92 Å². The molecule has 0 aromatic heterocycles. The molecule has 1 fully saturated rings. The summed E-state index contributed by atoms with van der Waals surface area (Å²) < 4.78 is 0. The van der Waals surface area contributed by atoms with Gasteiger partial charge in [-0.25, -0.2) is 0 Å². The Kier molecular flexibility index (Phi) is 5.41. The second-order valence-corrected chi connectivity index (χ2v) is 6.12. The van der Waals surface area contributed by atoms with Crippen molar-refractivity contribution < 1.29 is 0 Å². The molecule has 106 valence electrons. The minimum absolute atomic E-state index is 0.654. The lowest BCUT2D eigenvalue weighted by Crippen LogP contribution is -2.29. The van der Waals surface area contributed by atoms with E-state index in [0.717, 1.165) is 12.6 Å². The molecule has 1 unspecified atom stereocenters. The average molecular weight is 260 g/mol. The zero-order valence-corrected chi connectivity index (χ0v) is 12.7. The van der Waals surface area contributed by atoms with Crippen LogP contribution in [0.2, 0.25) is 0 Å². The fourth-order valence-corrected chi connectivity index (χ4v) is 2.47. The van der Waals surface area contributed by atoms with E-state index in [-0.39, 0.29) is 0 Å². The van der Waals surface area contributed by atoms with E-state index < -0.39 is 0 Å². The van der Waals surface area contributed by atoms with Crippen molar-refractivity contribution in [3.05, 3.63) is 35.4 Å². The second kappa shape index (κ2) is 7.06. The Morgan fingerprint density at radius 1 is 1.37 bits per heavy atom. The molecule has 0 bridgehead atoms. The standard InChI is InChI=1S/C17H28N2/c1-14-6-4-8-16(12-14)13-19(3)15(2)7-5-11-18-17-9-10-17/h4,6,8,12,15,17-18H,5,7,9-11,13H2,1-3H3. The van der Waals surface area contributed by atoms with Crippen LogP contribution in [0.5, 0.6) is 0 Å². The first-order chi connectivity index (χ1) is 9.15. The molecule has 19 heavy (non-hydrogen) atoms. The Hall–Kier alpha value is -0.860. The third kappa shape index (κ3) is 5.33. The monoisotopic (exact) mass is 260 g/mol. The van der Waals surface area contributed by atoms with Crippen LogP contribution in [0.4, 0.5) is 0 Å². The first-order valence-corrected chi connectivity index (χ1v) is 7.64. The van der Waals surface area contributed by atoms with Gasteiger partial charge in [0.1, 0.15) is 0 Å². The van der Waals surface area contributed by atoms with E-state index in [2.05, 4.69) is 55.4 Å². The minimum atomic E-state index is 0.654. The molecule has 1 N–H and O–H groups in total. The highest BCUT2D eigenvalue weighted by molar-refractivity contribution is 5.22. The van der Waals surface area contributed by atoms with E-state index in [1.807, 2.05) is 0 Å². The van der Waals surface area contributed by atoms with Gasteiger partial charge in [0.05, 0.1) is 0 Å². The molecular weight excluding hydrogens is 232 g/mol. The van der Waals surface area contributed by atoms with Gasteiger partial charge in [-0.05, 0) is 58.7 Å². The van der Waals surface area contributed by atoms with Crippen LogP contribution in [0.1, 0.15) is 43.7 Å². The zero-order chi connectivity index (χ0) is 13.7. The predicted molar refractivity (Wildman–Crippen MR) is 82.4 cm³/mol. The normalized spacial score (nSPS) is 16.8. The van der Waals surface area contributed by atoms with Crippen molar-refractivity contribution in [2.75, 3.05) is 13.6 Å². The molecule has 0 radical (unpaired) electrons. The number of nitrogens with one attached hydrogen (secondary N) is 1. The highest BCUT2D eigenvalue weighted by Gasteiger charge is 2.19. The lowest BCUT2D eigenvalue weighted by Gasteiger charge is -2.25. The number of hydrogen-bond acceptors (Lipinski definition) is 2. The third-order valence-electron chi connectivity index (χ3n) is 4.08. The van der Waals surface area contributed by atoms with Gasteiger partial charge < -0.3 is 5.32 Å². The summed E-state index contributed by atoms with van der Waals surface area (Å²) in [4.78, 5) is 2.46. The van der Waals surface area contributed by atoms with Crippen molar-refractivity contribution in [1.29, 1.82) is 0 Å². The van der Waals surface area contributed by atoms with Gasteiger partial charge in [-0.2, -0.15) is 0 Å². The Bertz CT molecular complexity index is 385. The average Bonchev–Trinajstić information content (AvgIpc) is 3.18. The molecule has 1 atom stereocenters. The maximum absolute atomic E-state index is 3.59. The Morgan fingerprint density at radius 2 is 2.16 bits per heavy atom. The highest BCUT2D eigenvalue weighted by Crippen LogP contribution is 2.18. The summed E-state index contributed by atoms with van der Waals surface area (Å²) in [5.41, 5.74) is 2.78. The van der Waals surface area contributed by atoms with Gasteiger partial charge in [-0.1, -0.05) is 29.8 Å². The molecule has 0 saturated heterocycles. The molecule has 1 aliphatic carbocycles. The van der Waals surface area contributed by atoms with E-state index in [4.69, 9.17) is 0 Å². The summed E-state index contributed by atoms with van der Waals surface area (Å²) in [6.07, 6.45) is 5.35. The molecule has 0 amide bonds. The molecule has 0 heterocycles. The van der Waals surface area contributed by atoms with Crippen molar-refractivity contribution in [2.45, 2.75) is 58.2 Å². The lowest BCUT2D eigenvalue weighted by atomic mass is 10.1. The first kappa shape index (κ1) is 14.5. The van der Waals surface area contributed by atoms with Crippen molar-refractivity contribution in [3.8, 4) is 0 Å². The summed E-state index contributed by atoms with van der Waals surface area (Å²) in [6, 6.07) is 10.3. The van der Waals surface area contributed by atoms with Crippen LogP contribution in [-0.2, 0) is 6.54 Å². The quantitative estimate of drug-likeness (QED) is 0.721. The summed E-state index contributed by atoms with van der Waals surface area (Å²) >= 11 is 0. The lowest BCUT2D eigenvalue weighted by molar-refractivity contribution is 0.234. The molecule has 1 aliphatic rings. The van der Waals surface area contributed by atoms with Gasteiger partial charge in [-0.15, -0.1) is 0 Å². The van der Waals surface area contributed by atoms with Gasteiger partial charge in [0.25, 0.3) is 0 Å². The number of nitrogens with zero attached hydrogens (tertiary/aromatic N) is 1. The second-order valence-electron chi connectivity index (χ2n) is 6.12. The fraction of sp³-hybridized carbons (Fsp3) is 0.647. The van der Waals surface area contributed by atoms with E-state index in [1.54, 1.807) is 0 Å². The van der Waals surface area contributed by atoms with Gasteiger partial charge in [0.2, 0.25) is 0 Å². The SMILES string of the molecule is Cc1cccc(CN(C)C(C)CCCNC2CC2)c1. The summed E-state index contributed by atoms with van der Waals surface area (Å²) in [7, 11) is 2.24. The molecule has 2 nitrogen and oxygen atoms in total. The van der Waals surface area contributed by atoms with E-state index in [1.165, 1.54) is 43.4 Å². The number of aryl methyl sites for hydroxylation is 1. The Balaban J connectivity index is 1.67. The Morgan fingerprint density at radius 3 is 2.84 bits per heavy atom. The van der Waals surface area contributed by atoms with Gasteiger partial charge >= 0.3 is 0 Å². The fourth-order valence-electron chi connectivity index (χ4n) is 2.47. The van der Waals surface area contributed by atoms with Crippen molar-refractivity contribution in [2.24, 2.45) is 0 Å². The molecule has 1 saturated carbocycles. The van der Waals surface area contributed by atoms with E-state index >= 15 is 0 Å². The molecule has 0 spiro atoms. The summed E-state index contributed by atoms with van der Waals surface area (Å²) in [6.45, 7) is 6.75. The minimum Gasteiger partial charge on any atom is -0.314 e. The van der Waals surface area contributed by atoms with Crippen LogP contribution in [0.25, 0.3) is 0 Å². The van der Waals surface area contributed by atoms with Crippen LogP contribution in [0.3, 0.4) is 0 Å². The number of hydrogen-bond donors (Lipinski definition) is 1. The third-order valence-corrected chi connectivity index (χ3v) is 4.08. The van der Waals surface area contributed by atoms with Crippen molar-refractivity contribution >= 4 is 0 Å². The van der Waals surface area contributed by atoms with E-state index in [9.17, 15) is 0 Å². The highest BCUT2D eigenvalue weighted by atomic mass is 15.1.